The summed E-state index contributed by atoms with van der Waals surface area (Å²) >= 11 is 1.79. The van der Waals surface area contributed by atoms with Gasteiger partial charge in [0.2, 0.25) is 0 Å². The lowest BCUT2D eigenvalue weighted by Gasteiger charge is -2.23. The molecule has 0 unspecified atom stereocenters. The smallest absolute Gasteiger partial charge is 0.185 e. The van der Waals surface area contributed by atoms with Gasteiger partial charge in [-0.05, 0) is 32.7 Å². The van der Waals surface area contributed by atoms with Crippen LogP contribution >= 0.6 is 11.3 Å². The summed E-state index contributed by atoms with van der Waals surface area (Å²) in [5, 5.41) is 1.15. The van der Waals surface area contributed by atoms with E-state index in [-0.39, 0.29) is 0 Å². The molecule has 0 bridgehead atoms. The third kappa shape index (κ3) is 3.76. The zero-order valence-electron chi connectivity index (χ0n) is 10.8. The van der Waals surface area contributed by atoms with Crippen molar-refractivity contribution >= 4 is 16.5 Å². The van der Waals surface area contributed by atoms with Gasteiger partial charge in [-0.3, -0.25) is 0 Å². The second kappa shape index (κ2) is 6.21. The number of thiazole rings is 1. The molecule has 0 aliphatic rings. The quantitative estimate of drug-likeness (QED) is 0.832. The molecule has 2 N–H and O–H groups in total. The maximum atomic E-state index is 5.58. The summed E-state index contributed by atoms with van der Waals surface area (Å²) in [5.74, 6) is 0.655. The molecular formula is C12H23N3S. The molecule has 1 heterocycles. The van der Waals surface area contributed by atoms with E-state index in [4.69, 9.17) is 5.73 Å². The van der Waals surface area contributed by atoms with Crippen molar-refractivity contribution in [3.05, 3.63) is 10.6 Å². The molecule has 92 valence electrons. The van der Waals surface area contributed by atoms with Crippen LogP contribution < -0.4 is 10.6 Å². The van der Waals surface area contributed by atoms with Gasteiger partial charge < -0.3 is 10.6 Å². The van der Waals surface area contributed by atoms with Gasteiger partial charge in [0.05, 0.1) is 5.69 Å². The number of hydrogen-bond donors (Lipinski definition) is 1. The summed E-state index contributed by atoms with van der Waals surface area (Å²) in [5.41, 5.74) is 6.73. The molecule has 0 spiro atoms. The molecule has 0 aliphatic carbocycles. The fourth-order valence-corrected chi connectivity index (χ4v) is 2.52. The fourth-order valence-electron chi connectivity index (χ4n) is 1.58. The Labute approximate surface area is 103 Å². The highest BCUT2D eigenvalue weighted by molar-refractivity contribution is 7.15. The van der Waals surface area contributed by atoms with E-state index in [0.717, 1.165) is 36.9 Å². The minimum absolute atomic E-state index is 0.655. The largest absolute Gasteiger partial charge is 0.348 e. The molecule has 16 heavy (non-hydrogen) atoms. The van der Waals surface area contributed by atoms with E-state index >= 15 is 0 Å². The molecule has 0 aliphatic heterocycles. The second-order valence-electron chi connectivity index (χ2n) is 4.62. The topological polar surface area (TPSA) is 42.2 Å². The zero-order valence-corrected chi connectivity index (χ0v) is 11.6. The highest BCUT2D eigenvalue weighted by atomic mass is 32.1. The maximum Gasteiger partial charge on any atom is 0.185 e. The van der Waals surface area contributed by atoms with Crippen LogP contribution in [0, 0.1) is 19.8 Å². The van der Waals surface area contributed by atoms with Crippen molar-refractivity contribution in [3.63, 3.8) is 0 Å². The minimum Gasteiger partial charge on any atom is -0.348 e. The Morgan fingerprint density at radius 3 is 2.50 bits per heavy atom. The van der Waals surface area contributed by atoms with Crippen LogP contribution in [0.1, 0.15) is 30.8 Å². The average molecular weight is 241 g/mol. The molecule has 0 fully saturated rings. The van der Waals surface area contributed by atoms with Crippen LogP contribution in [0.3, 0.4) is 0 Å². The third-order valence-electron chi connectivity index (χ3n) is 2.51. The Balaban J connectivity index is 2.74. The monoisotopic (exact) mass is 241 g/mol. The van der Waals surface area contributed by atoms with Crippen molar-refractivity contribution in [2.45, 2.75) is 34.1 Å². The van der Waals surface area contributed by atoms with Crippen LogP contribution in [0.4, 0.5) is 5.13 Å². The van der Waals surface area contributed by atoms with Crippen LogP contribution in [-0.2, 0) is 0 Å². The van der Waals surface area contributed by atoms with Crippen LogP contribution in [0.2, 0.25) is 0 Å². The van der Waals surface area contributed by atoms with Gasteiger partial charge in [-0.1, -0.05) is 13.8 Å². The van der Waals surface area contributed by atoms with Gasteiger partial charge in [-0.2, -0.15) is 0 Å². The summed E-state index contributed by atoms with van der Waals surface area (Å²) in [4.78, 5) is 8.30. The summed E-state index contributed by atoms with van der Waals surface area (Å²) in [6.45, 7) is 11.5. The van der Waals surface area contributed by atoms with Gasteiger partial charge in [0.1, 0.15) is 0 Å². The Kier molecular flexibility index (Phi) is 5.22. The van der Waals surface area contributed by atoms with Crippen molar-refractivity contribution in [2.24, 2.45) is 11.7 Å². The van der Waals surface area contributed by atoms with E-state index in [9.17, 15) is 0 Å². The van der Waals surface area contributed by atoms with E-state index in [1.54, 1.807) is 11.3 Å². The lowest BCUT2D eigenvalue weighted by atomic mass is 10.2. The maximum absolute atomic E-state index is 5.58. The van der Waals surface area contributed by atoms with E-state index < -0.39 is 0 Å². The normalized spacial score (nSPS) is 11.1. The molecule has 1 rings (SSSR count). The van der Waals surface area contributed by atoms with Gasteiger partial charge in [0.15, 0.2) is 5.13 Å². The predicted octanol–water partition coefficient (Wildman–Crippen LogP) is 2.57. The van der Waals surface area contributed by atoms with Crippen LogP contribution in [0.5, 0.6) is 0 Å². The van der Waals surface area contributed by atoms with Crippen LogP contribution in [0.25, 0.3) is 0 Å². The third-order valence-corrected chi connectivity index (χ3v) is 3.64. The molecule has 0 atom stereocenters. The molecule has 0 radical (unpaired) electrons. The molecule has 1 aromatic rings. The highest BCUT2D eigenvalue weighted by Crippen LogP contribution is 2.25. The first kappa shape index (κ1) is 13.5. The first-order valence-corrected chi connectivity index (χ1v) is 6.75. The van der Waals surface area contributed by atoms with Crippen molar-refractivity contribution < 1.29 is 0 Å². The van der Waals surface area contributed by atoms with Crippen LogP contribution in [0.15, 0.2) is 0 Å². The molecule has 0 saturated carbocycles. The number of nitrogens with zero attached hydrogens (tertiary/aromatic N) is 2. The Morgan fingerprint density at radius 1 is 1.38 bits per heavy atom. The van der Waals surface area contributed by atoms with Gasteiger partial charge in [-0.15, -0.1) is 11.3 Å². The SMILES string of the molecule is Cc1nc(N(CCCN)CC(C)C)sc1C. The molecule has 0 amide bonds. The first-order valence-electron chi connectivity index (χ1n) is 5.93. The summed E-state index contributed by atoms with van der Waals surface area (Å²) < 4.78 is 0. The van der Waals surface area contributed by atoms with Crippen LogP contribution in [-0.4, -0.2) is 24.6 Å². The second-order valence-corrected chi connectivity index (χ2v) is 5.80. The summed E-state index contributed by atoms with van der Waals surface area (Å²) in [6.07, 6.45) is 1.03. The standard InChI is InChI=1S/C12H23N3S/c1-9(2)8-15(7-5-6-13)12-14-10(3)11(4)16-12/h9H,5-8,13H2,1-4H3. The van der Waals surface area contributed by atoms with Crippen molar-refractivity contribution in [1.29, 1.82) is 0 Å². The molecular weight excluding hydrogens is 218 g/mol. The molecule has 3 nitrogen and oxygen atoms in total. The lowest BCUT2D eigenvalue weighted by Crippen LogP contribution is -2.29. The van der Waals surface area contributed by atoms with E-state index in [1.165, 1.54) is 4.88 Å². The van der Waals surface area contributed by atoms with Gasteiger partial charge >= 0.3 is 0 Å². The first-order chi connectivity index (χ1) is 7.54. The van der Waals surface area contributed by atoms with E-state index in [0.29, 0.717) is 5.92 Å². The minimum atomic E-state index is 0.655. The van der Waals surface area contributed by atoms with E-state index in [2.05, 4.69) is 37.6 Å². The predicted molar refractivity (Wildman–Crippen MR) is 72.3 cm³/mol. The number of hydrogen-bond acceptors (Lipinski definition) is 4. The number of aromatic nitrogens is 1. The Morgan fingerprint density at radius 2 is 2.06 bits per heavy atom. The molecule has 1 aromatic heterocycles. The van der Waals surface area contributed by atoms with Gasteiger partial charge in [-0.25, -0.2) is 4.98 Å². The Bertz CT molecular complexity index is 301. The average Bonchev–Trinajstić information content (AvgIpc) is 2.53. The highest BCUT2D eigenvalue weighted by Gasteiger charge is 2.13. The van der Waals surface area contributed by atoms with Crippen molar-refractivity contribution in [3.8, 4) is 0 Å². The number of anilines is 1. The Hall–Kier alpha value is -0.610. The number of rotatable bonds is 6. The van der Waals surface area contributed by atoms with Crippen molar-refractivity contribution in [2.75, 3.05) is 24.5 Å². The molecule has 4 heteroatoms. The number of aryl methyl sites for hydroxylation is 2. The zero-order chi connectivity index (χ0) is 12.1. The van der Waals surface area contributed by atoms with Gasteiger partial charge in [0.25, 0.3) is 0 Å². The lowest BCUT2D eigenvalue weighted by molar-refractivity contribution is 0.599. The fraction of sp³-hybridized carbons (Fsp3) is 0.750. The molecule has 0 aromatic carbocycles. The summed E-state index contributed by atoms with van der Waals surface area (Å²) in [6, 6.07) is 0. The van der Waals surface area contributed by atoms with E-state index in [1.807, 2.05) is 0 Å². The number of nitrogens with two attached hydrogens (primary N) is 1. The summed E-state index contributed by atoms with van der Waals surface area (Å²) in [7, 11) is 0. The van der Waals surface area contributed by atoms with Crippen molar-refractivity contribution in [1.82, 2.24) is 4.98 Å². The van der Waals surface area contributed by atoms with Gasteiger partial charge in [0, 0.05) is 18.0 Å². The molecule has 0 saturated heterocycles.